The molecule has 0 aliphatic carbocycles. The monoisotopic (exact) mass is 356 g/mol. The number of rotatable bonds is 6. The van der Waals surface area contributed by atoms with Crippen molar-refractivity contribution in [3.8, 4) is 17.1 Å². The maximum absolute atomic E-state index is 12.0. The summed E-state index contributed by atoms with van der Waals surface area (Å²) in [5.74, 6) is 0.976. The lowest BCUT2D eigenvalue weighted by molar-refractivity contribution is -0.131. The van der Waals surface area contributed by atoms with Crippen molar-refractivity contribution in [3.05, 3.63) is 36.0 Å². The maximum atomic E-state index is 12.0. The Morgan fingerprint density at radius 1 is 1.35 bits per heavy atom. The van der Waals surface area contributed by atoms with Crippen molar-refractivity contribution in [2.75, 3.05) is 7.11 Å². The third kappa shape index (κ3) is 4.39. The first-order chi connectivity index (χ1) is 10.9. The van der Waals surface area contributed by atoms with Crippen LogP contribution in [0.5, 0.6) is 5.75 Å². The van der Waals surface area contributed by atoms with E-state index >= 15 is 0 Å². The minimum absolute atomic E-state index is 0.0560. The molecule has 0 spiro atoms. The van der Waals surface area contributed by atoms with Gasteiger partial charge in [0.25, 0.3) is 5.91 Å². The van der Waals surface area contributed by atoms with Gasteiger partial charge < -0.3 is 14.2 Å². The third-order valence-corrected chi connectivity index (χ3v) is 3.71. The molecular formula is C16H18Cl2N2O3. The standard InChI is InChI=1S/C16H18Cl2N2O3/c1-10(2)20(16(21)15(17)18)9-12-8-14(23-19-12)11-5-4-6-13(7-11)22-3/h4-8,10,15H,9H2,1-3H3. The predicted molar refractivity (Wildman–Crippen MR) is 89.7 cm³/mol. The summed E-state index contributed by atoms with van der Waals surface area (Å²) in [5, 5.41) is 4.02. The minimum atomic E-state index is -1.10. The van der Waals surface area contributed by atoms with Crippen LogP contribution in [0.25, 0.3) is 11.3 Å². The van der Waals surface area contributed by atoms with Crippen LogP contribution in [0.15, 0.2) is 34.9 Å². The Kier molecular flexibility index (Phi) is 5.91. The normalized spacial score (nSPS) is 11.1. The van der Waals surface area contributed by atoms with Gasteiger partial charge in [0.05, 0.1) is 13.7 Å². The number of methoxy groups -OCH3 is 1. The van der Waals surface area contributed by atoms with E-state index < -0.39 is 4.84 Å². The quantitative estimate of drug-likeness (QED) is 0.736. The Labute approximate surface area is 145 Å². The van der Waals surface area contributed by atoms with Crippen molar-refractivity contribution in [2.24, 2.45) is 0 Å². The highest BCUT2D eigenvalue weighted by Crippen LogP contribution is 2.25. The zero-order valence-corrected chi connectivity index (χ0v) is 14.6. The fraction of sp³-hybridized carbons (Fsp3) is 0.375. The van der Waals surface area contributed by atoms with Crippen molar-refractivity contribution in [2.45, 2.75) is 31.3 Å². The van der Waals surface area contributed by atoms with Gasteiger partial charge in [0.15, 0.2) is 10.6 Å². The fourth-order valence-corrected chi connectivity index (χ4v) is 2.36. The van der Waals surface area contributed by atoms with Crippen LogP contribution in [0.1, 0.15) is 19.5 Å². The number of amides is 1. The number of hydrogen-bond acceptors (Lipinski definition) is 4. The summed E-state index contributed by atoms with van der Waals surface area (Å²) in [5.41, 5.74) is 1.47. The van der Waals surface area contributed by atoms with Crippen LogP contribution in [-0.2, 0) is 11.3 Å². The number of carbonyl (C=O) groups excluding carboxylic acids is 1. The second-order valence-electron chi connectivity index (χ2n) is 5.28. The number of halogens is 2. The lowest BCUT2D eigenvalue weighted by atomic mass is 10.1. The summed E-state index contributed by atoms with van der Waals surface area (Å²) < 4.78 is 10.6. The molecule has 5 nitrogen and oxygen atoms in total. The average molecular weight is 357 g/mol. The van der Waals surface area contributed by atoms with E-state index in [4.69, 9.17) is 32.5 Å². The summed E-state index contributed by atoms with van der Waals surface area (Å²) in [4.78, 5) is 12.5. The fourth-order valence-electron chi connectivity index (χ4n) is 2.11. The van der Waals surface area contributed by atoms with Crippen molar-refractivity contribution in [3.63, 3.8) is 0 Å². The van der Waals surface area contributed by atoms with Crippen LogP contribution in [0.3, 0.4) is 0 Å². The molecule has 2 aromatic rings. The largest absolute Gasteiger partial charge is 0.497 e. The highest BCUT2D eigenvalue weighted by molar-refractivity contribution is 6.53. The van der Waals surface area contributed by atoms with E-state index in [1.807, 2.05) is 38.1 Å². The molecule has 0 radical (unpaired) electrons. The molecular weight excluding hydrogens is 339 g/mol. The van der Waals surface area contributed by atoms with Crippen LogP contribution in [0.2, 0.25) is 0 Å². The molecule has 0 N–H and O–H groups in total. The molecule has 1 aromatic carbocycles. The first-order valence-corrected chi connectivity index (χ1v) is 7.98. The SMILES string of the molecule is COc1cccc(-c2cc(CN(C(=O)C(Cl)Cl)C(C)C)no2)c1. The van der Waals surface area contributed by atoms with E-state index in [9.17, 15) is 4.79 Å². The smallest absolute Gasteiger partial charge is 0.256 e. The Morgan fingerprint density at radius 2 is 2.09 bits per heavy atom. The van der Waals surface area contributed by atoms with Crippen LogP contribution in [0, 0.1) is 0 Å². The molecule has 124 valence electrons. The van der Waals surface area contributed by atoms with E-state index in [2.05, 4.69) is 5.16 Å². The summed E-state index contributed by atoms with van der Waals surface area (Å²) in [6.45, 7) is 4.05. The van der Waals surface area contributed by atoms with Crippen LogP contribution in [-0.4, -0.2) is 34.0 Å². The molecule has 23 heavy (non-hydrogen) atoms. The molecule has 0 aliphatic heterocycles. The van der Waals surface area contributed by atoms with Gasteiger partial charge in [0.2, 0.25) is 0 Å². The topological polar surface area (TPSA) is 55.6 Å². The molecule has 1 aromatic heterocycles. The Hall–Kier alpha value is -1.72. The van der Waals surface area contributed by atoms with Gasteiger partial charge in [-0.2, -0.15) is 0 Å². The van der Waals surface area contributed by atoms with Gasteiger partial charge in [0.1, 0.15) is 11.4 Å². The summed E-state index contributed by atoms with van der Waals surface area (Å²) in [6, 6.07) is 9.19. The van der Waals surface area contributed by atoms with Crippen LogP contribution in [0.4, 0.5) is 0 Å². The molecule has 2 rings (SSSR count). The van der Waals surface area contributed by atoms with E-state index in [1.54, 1.807) is 18.1 Å². The summed E-state index contributed by atoms with van der Waals surface area (Å²) in [7, 11) is 1.60. The van der Waals surface area contributed by atoms with Crippen molar-refractivity contribution < 1.29 is 14.1 Å². The number of nitrogens with zero attached hydrogens (tertiary/aromatic N) is 2. The third-order valence-electron chi connectivity index (χ3n) is 3.34. The summed E-state index contributed by atoms with van der Waals surface area (Å²) >= 11 is 11.4. The predicted octanol–water partition coefficient (Wildman–Crippen LogP) is 3.89. The van der Waals surface area contributed by atoms with Gasteiger partial charge in [-0.05, 0) is 26.0 Å². The van der Waals surface area contributed by atoms with Gasteiger partial charge >= 0.3 is 0 Å². The molecule has 7 heteroatoms. The van der Waals surface area contributed by atoms with Gasteiger partial charge in [-0.3, -0.25) is 4.79 Å². The second-order valence-corrected chi connectivity index (χ2v) is 6.37. The number of aromatic nitrogens is 1. The zero-order valence-electron chi connectivity index (χ0n) is 13.1. The molecule has 0 saturated heterocycles. The highest BCUT2D eigenvalue weighted by Gasteiger charge is 2.24. The molecule has 1 amide bonds. The zero-order chi connectivity index (χ0) is 17.0. The van der Waals surface area contributed by atoms with Crippen molar-refractivity contribution >= 4 is 29.1 Å². The molecule has 1 heterocycles. The Balaban J connectivity index is 2.19. The highest BCUT2D eigenvalue weighted by atomic mass is 35.5. The number of ether oxygens (including phenoxy) is 1. The van der Waals surface area contributed by atoms with Crippen LogP contribution >= 0.6 is 23.2 Å². The minimum Gasteiger partial charge on any atom is -0.497 e. The molecule has 0 bridgehead atoms. The molecule has 0 unspecified atom stereocenters. The number of carbonyl (C=O) groups is 1. The average Bonchev–Trinajstić information content (AvgIpc) is 3.00. The van der Waals surface area contributed by atoms with E-state index in [0.717, 1.165) is 11.3 Å². The Bertz CT molecular complexity index is 671. The van der Waals surface area contributed by atoms with E-state index in [0.29, 0.717) is 11.5 Å². The van der Waals surface area contributed by atoms with Gasteiger partial charge in [-0.15, -0.1) is 0 Å². The lowest BCUT2D eigenvalue weighted by Crippen LogP contribution is -2.39. The van der Waals surface area contributed by atoms with Gasteiger partial charge in [0, 0.05) is 17.7 Å². The van der Waals surface area contributed by atoms with Crippen LogP contribution < -0.4 is 4.74 Å². The maximum Gasteiger partial charge on any atom is 0.256 e. The van der Waals surface area contributed by atoms with Gasteiger partial charge in [-0.1, -0.05) is 40.5 Å². The number of alkyl halides is 2. The van der Waals surface area contributed by atoms with Crippen molar-refractivity contribution in [1.29, 1.82) is 0 Å². The summed E-state index contributed by atoms with van der Waals surface area (Å²) in [6.07, 6.45) is 0. The van der Waals surface area contributed by atoms with E-state index in [1.165, 1.54) is 0 Å². The molecule has 0 atom stereocenters. The number of benzene rings is 1. The van der Waals surface area contributed by atoms with E-state index in [-0.39, 0.29) is 18.5 Å². The molecule has 0 saturated carbocycles. The Morgan fingerprint density at radius 3 is 2.70 bits per heavy atom. The van der Waals surface area contributed by atoms with Gasteiger partial charge in [-0.25, -0.2) is 0 Å². The lowest BCUT2D eigenvalue weighted by Gasteiger charge is -2.26. The first kappa shape index (κ1) is 17.6. The van der Waals surface area contributed by atoms with Crippen molar-refractivity contribution in [1.82, 2.24) is 10.1 Å². The molecule has 0 fully saturated rings. The molecule has 0 aliphatic rings. The second kappa shape index (κ2) is 7.70. The number of hydrogen-bond donors (Lipinski definition) is 0. The first-order valence-electron chi connectivity index (χ1n) is 7.11.